The van der Waals surface area contributed by atoms with Gasteiger partial charge < -0.3 is 15.4 Å². The van der Waals surface area contributed by atoms with Crippen LogP contribution < -0.4 is 10.6 Å². The normalized spacial score (nSPS) is 17.7. The van der Waals surface area contributed by atoms with Crippen molar-refractivity contribution in [3.8, 4) is 0 Å². The number of hydrogen-bond acceptors (Lipinski definition) is 3. The van der Waals surface area contributed by atoms with Crippen LogP contribution in [0.5, 0.6) is 0 Å². The van der Waals surface area contributed by atoms with Gasteiger partial charge in [-0.2, -0.15) is 13.2 Å². The molecule has 1 atom stereocenters. The second kappa shape index (κ2) is 10.3. The Kier molecular flexibility index (Phi) is 9.05. The molecule has 8 heteroatoms. The molecule has 0 aliphatic carbocycles. The molecular weight excluding hydrogens is 381 g/mol. The van der Waals surface area contributed by atoms with Crippen LogP contribution >= 0.6 is 12.4 Å². The molecule has 1 aromatic rings. The van der Waals surface area contributed by atoms with Crippen molar-refractivity contribution >= 4 is 18.3 Å². The van der Waals surface area contributed by atoms with Crippen LogP contribution in [0.4, 0.5) is 13.2 Å². The molecule has 1 aromatic carbocycles. The summed E-state index contributed by atoms with van der Waals surface area (Å²) in [4.78, 5) is 12.6. The first-order valence-corrected chi connectivity index (χ1v) is 8.93. The van der Waals surface area contributed by atoms with E-state index in [0.29, 0.717) is 25.1 Å². The minimum absolute atomic E-state index is 0. The van der Waals surface area contributed by atoms with Gasteiger partial charge >= 0.3 is 6.18 Å². The highest BCUT2D eigenvalue weighted by atomic mass is 35.5. The fourth-order valence-corrected chi connectivity index (χ4v) is 3.40. The molecule has 4 nitrogen and oxygen atoms in total. The molecule has 0 saturated carbocycles. The van der Waals surface area contributed by atoms with E-state index in [1.165, 1.54) is 12.1 Å². The highest BCUT2D eigenvalue weighted by molar-refractivity contribution is 5.85. The third-order valence-electron chi connectivity index (χ3n) is 5.11. The molecule has 27 heavy (non-hydrogen) atoms. The molecule has 1 saturated heterocycles. The highest BCUT2D eigenvalue weighted by Crippen LogP contribution is 2.32. The monoisotopic (exact) mass is 408 g/mol. The summed E-state index contributed by atoms with van der Waals surface area (Å²) >= 11 is 0. The van der Waals surface area contributed by atoms with Gasteiger partial charge in [-0.05, 0) is 49.9 Å². The lowest BCUT2D eigenvalue weighted by atomic mass is 9.78. The van der Waals surface area contributed by atoms with E-state index >= 15 is 0 Å². The quantitative estimate of drug-likeness (QED) is 0.722. The lowest BCUT2D eigenvalue weighted by Crippen LogP contribution is -2.50. The molecule has 1 unspecified atom stereocenters. The fraction of sp³-hybridized carbons (Fsp3) is 0.632. The maximum absolute atomic E-state index is 12.8. The Hall–Kier alpha value is -1.31. The highest BCUT2D eigenvalue weighted by Gasteiger charge is 2.39. The molecule has 0 radical (unpaired) electrons. The van der Waals surface area contributed by atoms with E-state index in [2.05, 4.69) is 10.6 Å². The van der Waals surface area contributed by atoms with Crippen molar-refractivity contribution in [1.82, 2.24) is 10.6 Å². The van der Waals surface area contributed by atoms with Gasteiger partial charge in [0.2, 0.25) is 5.91 Å². The van der Waals surface area contributed by atoms with Gasteiger partial charge in [0.1, 0.15) is 0 Å². The summed E-state index contributed by atoms with van der Waals surface area (Å²) in [6.45, 7) is 4.23. The maximum Gasteiger partial charge on any atom is 0.416 e. The molecule has 1 aliphatic rings. The zero-order valence-electron chi connectivity index (χ0n) is 15.7. The van der Waals surface area contributed by atoms with E-state index in [1.807, 2.05) is 6.92 Å². The number of halogens is 4. The van der Waals surface area contributed by atoms with Gasteiger partial charge in [-0.3, -0.25) is 4.79 Å². The van der Waals surface area contributed by atoms with E-state index in [1.54, 1.807) is 13.2 Å². The molecule has 0 spiro atoms. The molecule has 1 aliphatic heterocycles. The van der Waals surface area contributed by atoms with Crippen LogP contribution in [-0.4, -0.2) is 39.3 Å². The van der Waals surface area contributed by atoms with Crippen molar-refractivity contribution in [3.05, 3.63) is 35.4 Å². The van der Waals surface area contributed by atoms with E-state index in [0.717, 1.165) is 32.0 Å². The molecule has 2 rings (SSSR count). The molecule has 2 N–H and O–H groups in total. The number of benzene rings is 1. The lowest BCUT2D eigenvalue weighted by molar-refractivity contribution is -0.137. The number of piperidine rings is 1. The van der Waals surface area contributed by atoms with E-state index in [4.69, 9.17) is 4.74 Å². The Labute approximate surface area is 164 Å². The molecule has 154 valence electrons. The zero-order chi connectivity index (χ0) is 19.2. The number of nitrogens with one attached hydrogen (secondary N) is 2. The Morgan fingerprint density at radius 1 is 1.33 bits per heavy atom. The number of alkyl halides is 3. The topological polar surface area (TPSA) is 50.4 Å². The predicted octanol–water partition coefficient (Wildman–Crippen LogP) is 3.75. The van der Waals surface area contributed by atoms with E-state index in [-0.39, 0.29) is 24.2 Å². The SMILES string of the molecule is COCC1(C(=O)NCCC(C)c2cccc(C(F)(F)F)c2)CCNCC1.Cl. The molecule has 0 aromatic heterocycles. The number of amides is 1. The van der Waals surface area contributed by atoms with Crippen molar-refractivity contribution < 1.29 is 22.7 Å². The molecular formula is C19H28ClF3N2O2. The second-order valence-electron chi connectivity index (χ2n) is 7.03. The average molecular weight is 409 g/mol. The summed E-state index contributed by atoms with van der Waals surface area (Å²) in [5.74, 6) is -0.110. The summed E-state index contributed by atoms with van der Waals surface area (Å²) in [6.07, 6.45) is -2.33. The first kappa shape index (κ1) is 23.7. The first-order chi connectivity index (χ1) is 12.3. The van der Waals surface area contributed by atoms with Gasteiger partial charge in [0.05, 0.1) is 17.6 Å². The largest absolute Gasteiger partial charge is 0.416 e. The number of carbonyl (C=O) groups is 1. The van der Waals surface area contributed by atoms with Gasteiger partial charge in [0.25, 0.3) is 0 Å². The van der Waals surface area contributed by atoms with Gasteiger partial charge in [-0.15, -0.1) is 12.4 Å². The van der Waals surface area contributed by atoms with Crippen LogP contribution in [0.1, 0.15) is 43.2 Å². The van der Waals surface area contributed by atoms with E-state index in [9.17, 15) is 18.0 Å². The summed E-state index contributed by atoms with van der Waals surface area (Å²) < 4.78 is 43.8. The van der Waals surface area contributed by atoms with Crippen molar-refractivity contribution in [1.29, 1.82) is 0 Å². The van der Waals surface area contributed by atoms with Crippen LogP contribution in [0, 0.1) is 5.41 Å². The summed E-state index contributed by atoms with van der Waals surface area (Å²) in [6, 6.07) is 5.38. The number of hydrogen-bond donors (Lipinski definition) is 2. The van der Waals surface area contributed by atoms with Crippen LogP contribution in [0.15, 0.2) is 24.3 Å². The van der Waals surface area contributed by atoms with Gasteiger partial charge in [0.15, 0.2) is 0 Å². The Bertz CT molecular complexity index is 599. The summed E-state index contributed by atoms with van der Waals surface area (Å²) in [5.41, 5.74) is -0.526. The van der Waals surface area contributed by atoms with Crippen LogP contribution in [0.25, 0.3) is 0 Å². The molecule has 1 amide bonds. The minimum Gasteiger partial charge on any atom is -0.384 e. The number of ether oxygens (including phenoxy) is 1. The number of methoxy groups -OCH3 is 1. The van der Waals surface area contributed by atoms with Gasteiger partial charge in [-0.1, -0.05) is 25.1 Å². The Morgan fingerprint density at radius 2 is 2.00 bits per heavy atom. The summed E-state index contributed by atoms with van der Waals surface area (Å²) in [5, 5.41) is 6.19. The smallest absolute Gasteiger partial charge is 0.384 e. The van der Waals surface area contributed by atoms with Gasteiger partial charge in [-0.25, -0.2) is 0 Å². The summed E-state index contributed by atoms with van der Waals surface area (Å²) in [7, 11) is 1.59. The van der Waals surface area contributed by atoms with Gasteiger partial charge in [0, 0.05) is 13.7 Å². The number of carbonyl (C=O) groups excluding carboxylic acids is 1. The Morgan fingerprint density at radius 3 is 2.59 bits per heavy atom. The minimum atomic E-state index is -4.34. The Balaban J connectivity index is 0.00000364. The first-order valence-electron chi connectivity index (χ1n) is 8.93. The molecule has 1 fully saturated rings. The van der Waals surface area contributed by atoms with Crippen molar-refractivity contribution in [2.75, 3.05) is 33.4 Å². The van der Waals surface area contributed by atoms with Crippen molar-refractivity contribution in [2.45, 2.75) is 38.3 Å². The van der Waals surface area contributed by atoms with Crippen molar-refractivity contribution in [2.24, 2.45) is 5.41 Å². The number of rotatable bonds is 7. The molecule has 0 bridgehead atoms. The molecule has 1 heterocycles. The van der Waals surface area contributed by atoms with Crippen LogP contribution in [-0.2, 0) is 15.7 Å². The fourth-order valence-electron chi connectivity index (χ4n) is 3.40. The standard InChI is InChI=1S/C19H27F3N2O2.ClH/c1-14(15-4-3-5-16(12-15)19(20,21)22)6-9-24-17(25)18(13-26-2)7-10-23-11-8-18;/h3-5,12,14,23H,6-11,13H2,1-2H3,(H,24,25);1H. The third kappa shape index (κ3) is 6.36. The average Bonchev–Trinajstić information content (AvgIpc) is 2.62. The van der Waals surface area contributed by atoms with Crippen LogP contribution in [0.3, 0.4) is 0 Å². The van der Waals surface area contributed by atoms with E-state index < -0.39 is 17.2 Å². The van der Waals surface area contributed by atoms with Crippen LogP contribution in [0.2, 0.25) is 0 Å². The third-order valence-corrected chi connectivity index (χ3v) is 5.11. The van der Waals surface area contributed by atoms with Crippen molar-refractivity contribution in [3.63, 3.8) is 0 Å². The predicted molar refractivity (Wildman–Crippen MR) is 101 cm³/mol. The lowest BCUT2D eigenvalue weighted by Gasteiger charge is -2.35. The zero-order valence-corrected chi connectivity index (χ0v) is 16.5. The second-order valence-corrected chi connectivity index (χ2v) is 7.03. The maximum atomic E-state index is 12.8.